The number of carbonyl (C=O) groups is 2. The first-order valence-electron chi connectivity index (χ1n) is 11.8. The lowest BCUT2D eigenvalue weighted by atomic mass is 10.1. The quantitative estimate of drug-likeness (QED) is 0.476. The van der Waals surface area contributed by atoms with Gasteiger partial charge in [-0.15, -0.1) is 0 Å². The monoisotopic (exact) mass is 506 g/mol. The number of aromatic nitrogens is 3. The first-order valence-corrected chi connectivity index (χ1v) is 11.8. The maximum absolute atomic E-state index is 13.2. The van der Waals surface area contributed by atoms with Crippen LogP contribution in [0, 0.1) is 0 Å². The third kappa shape index (κ3) is 5.23. The van der Waals surface area contributed by atoms with E-state index in [4.69, 9.17) is 23.7 Å². The van der Waals surface area contributed by atoms with Gasteiger partial charge in [-0.3, -0.25) is 0 Å². The molecule has 12 heteroatoms. The van der Waals surface area contributed by atoms with Crippen LogP contribution in [0.25, 0.3) is 11.0 Å². The fourth-order valence-corrected chi connectivity index (χ4v) is 4.26. The second kappa shape index (κ2) is 9.03. The van der Waals surface area contributed by atoms with Crippen LogP contribution in [-0.4, -0.2) is 73.7 Å². The predicted octanol–water partition coefficient (Wildman–Crippen LogP) is 2.88. The van der Waals surface area contributed by atoms with Crippen molar-refractivity contribution in [2.45, 2.75) is 103 Å². The van der Waals surface area contributed by atoms with E-state index in [0.29, 0.717) is 17.3 Å². The summed E-state index contributed by atoms with van der Waals surface area (Å²) in [6.07, 6.45) is -1.59. The number of aldehydes is 1. The van der Waals surface area contributed by atoms with E-state index in [9.17, 15) is 14.7 Å². The average molecular weight is 507 g/mol. The third-order valence-corrected chi connectivity index (χ3v) is 5.46. The smallest absolute Gasteiger partial charge is 0.420 e. The highest BCUT2D eigenvalue weighted by Gasteiger charge is 2.56. The summed E-state index contributed by atoms with van der Waals surface area (Å²) in [7, 11) is 0. The van der Waals surface area contributed by atoms with E-state index in [1.807, 2.05) is 0 Å². The van der Waals surface area contributed by atoms with Gasteiger partial charge in [0, 0.05) is 6.20 Å². The normalized spacial score (nSPS) is 26.6. The van der Waals surface area contributed by atoms with Crippen molar-refractivity contribution in [1.82, 2.24) is 14.5 Å². The zero-order chi connectivity index (χ0) is 26.6. The molecule has 1 N–H and O–H groups in total. The molecule has 36 heavy (non-hydrogen) atoms. The van der Waals surface area contributed by atoms with Crippen LogP contribution in [0.15, 0.2) is 18.6 Å². The highest BCUT2D eigenvalue weighted by Crippen LogP contribution is 2.44. The number of anilines is 1. The highest BCUT2D eigenvalue weighted by atomic mass is 16.8. The van der Waals surface area contributed by atoms with Crippen LogP contribution in [-0.2, 0) is 28.5 Å². The Morgan fingerprint density at radius 2 is 1.83 bits per heavy atom. The topological polar surface area (TPSA) is 134 Å². The van der Waals surface area contributed by atoms with E-state index in [1.54, 1.807) is 72.2 Å². The zero-order valence-corrected chi connectivity index (χ0v) is 21.8. The maximum atomic E-state index is 13.2. The van der Waals surface area contributed by atoms with Gasteiger partial charge in [0.05, 0.1) is 11.0 Å². The van der Waals surface area contributed by atoms with E-state index < -0.39 is 54.0 Å². The fourth-order valence-electron chi connectivity index (χ4n) is 4.26. The van der Waals surface area contributed by atoms with Crippen LogP contribution >= 0.6 is 0 Å². The van der Waals surface area contributed by atoms with Crippen LogP contribution in [0.5, 0.6) is 0 Å². The van der Waals surface area contributed by atoms with Crippen LogP contribution in [0.4, 0.5) is 10.6 Å². The lowest BCUT2D eigenvalue weighted by molar-refractivity contribution is -0.194. The van der Waals surface area contributed by atoms with Crippen molar-refractivity contribution >= 4 is 29.2 Å². The van der Waals surface area contributed by atoms with Gasteiger partial charge >= 0.3 is 6.09 Å². The number of hydrogen-bond donors (Lipinski definition) is 1. The SMILES string of the molecule is CC(C)(C)OC(=O)N(c1ncnc2c1ccn2[C@@H]1O[C@H](C=O)[C@H]2OC(C)(C)O[C@H]21)C(O)OC(C)(C)C. The summed E-state index contributed by atoms with van der Waals surface area (Å²) >= 11 is 0. The second-order valence-corrected chi connectivity index (χ2v) is 11.3. The van der Waals surface area contributed by atoms with Gasteiger partial charge in [0.1, 0.15) is 35.9 Å². The predicted molar refractivity (Wildman–Crippen MR) is 127 cm³/mol. The molecule has 1 amide bonds. The van der Waals surface area contributed by atoms with Crippen LogP contribution in [0.3, 0.4) is 0 Å². The Kier molecular flexibility index (Phi) is 6.63. The molecule has 1 unspecified atom stereocenters. The Balaban J connectivity index is 1.76. The van der Waals surface area contributed by atoms with Crippen molar-refractivity contribution in [2.24, 2.45) is 0 Å². The van der Waals surface area contributed by atoms with E-state index in [0.717, 1.165) is 4.90 Å². The fraction of sp³-hybridized carbons (Fsp3) is 0.667. The number of fused-ring (bicyclic) bond motifs is 2. The molecule has 12 nitrogen and oxygen atoms in total. The van der Waals surface area contributed by atoms with Gasteiger partial charge in [-0.05, 0) is 61.5 Å². The minimum atomic E-state index is -1.69. The average Bonchev–Trinajstić information content (AvgIpc) is 3.36. The van der Waals surface area contributed by atoms with Gasteiger partial charge in [0.2, 0.25) is 6.41 Å². The maximum Gasteiger partial charge on any atom is 0.420 e. The molecule has 0 aliphatic carbocycles. The number of ether oxygens (including phenoxy) is 5. The van der Waals surface area contributed by atoms with E-state index in [2.05, 4.69) is 9.97 Å². The summed E-state index contributed by atoms with van der Waals surface area (Å²) < 4.78 is 30.8. The molecule has 5 atom stereocenters. The summed E-state index contributed by atoms with van der Waals surface area (Å²) in [6.45, 7) is 13.9. The summed E-state index contributed by atoms with van der Waals surface area (Å²) in [5.41, 5.74) is -1.22. The Morgan fingerprint density at radius 3 is 2.44 bits per heavy atom. The highest BCUT2D eigenvalue weighted by molar-refractivity contribution is 5.97. The van der Waals surface area contributed by atoms with Crippen molar-refractivity contribution in [1.29, 1.82) is 0 Å². The molecule has 198 valence electrons. The van der Waals surface area contributed by atoms with E-state index in [-0.39, 0.29) is 5.82 Å². The Bertz CT molecular complexity index is 1140. The number of nitrogens with zero attached hydrogens (tertiary/aromatic N) is 4. The second-order valence-electron chi connectivity index (χ2n) is 11.3. The Labute approximate surface area is 209 Å². The van der Waals surface area contributed by atoms with Gasteiger partial charge in [-0.2, -0.15) is 0 Å². The molecule has 2 aromatic rings. The summed E-state index contributed by atoms with van der Waals surface area (Å²) in [6, 6.07) is 1.68. The minimum Gasteiger partial charge on any atom is -0.443 e. The van der Waals surface area contributed by atoms with Gasteiger partial charge in [-0.25, -0.2) is 19.7 Å². The number of carbonyl (C=O) groups excluding carboxylic acids is 2. The molecule has 0 spiro atoms. The van der Waals surface area contributed by atoms with Crippen molar-refractivity contribution in [3.05, 3.63) is 18.6 Å². The first kappa shape index (κ1) is 26.4. The molecule has 2 aliphatic rings. The minimum absolute atomic E-state index is 0.0788. The lowest BCUT2D eigenvalue weighted by Gasteiger charge is -2.33. The van der Waals surface area contributed by atoms with Crippen LogP contribution in [0.2, 0.25) is 0 Å². The van der Waals surface area contributed by atoms with Crippen molar-refractivity contribution < 1.29 is 38.4 Å². The number of rotatable bonds is 5. The molecule has 4 heterocycles. The van der Waals surface area contributed by atoms with Gasteiger partial charge < -0.3 is 38.2 Å². The first-order chi connectivity index (χ1) is 16.6. The lowest BCUT2D eigenvalue weighted by Crippen LogP contribution is -2.48. The zero-order valence-electron chi connectivity index (χ0n) is 21.8. The van der Waals surface area contributed by atoms with Crippen LogP contribution in [0.1, 0.15) is 61.6 Å². The van der Waals surface area contributed by atoms with Crippen molar-refractivity contribution in [3.63, 3.8) is 0 Å². The van der Waals surface area contributed by atoms with Crippen molar-refractivity contribution in [2.75, 3.05) is 4.90 Å². The third-order valence-electron chi connectivity index (χ3n) is 5.46. The number of amides is 1. The Morgan fingerprint density at radius 1 is 1.17 bits per heavy atom. The number of aliphatic hydroxyl groups excluding tert-OH is 1. The largest absolute Gasteiger partial charge is 0.443 e. The number of aliphatic hydroxyl groups is 1. The molecule has 4 rings (SSSR count). The van der Waals surface area contributed by atoms with Crippen molar-refractivity contribution in [3.8, 4) is 0 Å². The Hall–Kier alpha value is -2.64. The summed E-state index contributed by atoms with van der Waals surface area (Å²) in [5, 5.41) is 11.3. The number of hydrogen-bond acceptors (Lipinski definition) is 10. The van der Waals surface area contributed by atoms with E-state index >= 15 is 0 Å². The van der Waals surface area contributed by atoms with Gasteiger partial charge in [0.15, 0.2) is 24.1 Å². The molecule has 2 aromatic heterocycles. The van der Waals surface area contributed by atoms with Crippen LogP contribution < -0.4 is 4.90 Å². The molecule has 2 fully saturated rings. The molecular weight excluding hydrogens is 472 g/mol. The molecular formula is C24H34N4O8. The van der Waals surface area contributed by atoms with E-state index in [1.165, 1.54) is 6.33 Å². The molecule has 0 saturated carbocycles. The molecule has 2 saturated heterocycles. The molecule has 0 aromatic carbocycles. The van der Waals surface area contributed by atoms with Gasteiger partial charge in [0.25, 0.3) is 0 Å². The molecule has 0 bridgehead atoms. The summed E-state index contributed by atoms with van der Waals surface area (Å²) in [5.74, 6) is -0.806. The summed E-state index contributed by atoms with van der Waals surface area (Å²) in [4.78, 5) is 34.5. The molecule has 0 radical (unpaired) electrons. The van der Waals surface area contributed by atoms with Gasteiger partial charge in [-0.1, -0.05) is 0 Å². The standard InChI is InChI=1S/C24H34N4O8/c1-22(2,3)35-20(30)28(21(31)36-23(4,5)6)18-13-9-10-27(17(13)25-12-26-18)19-16-15(14(11-29)32-19)33-24(7,8)34-16/h9-12,14-16,19-20,30H,1-8H3/t14-,15-,16-,19-,20?/m1/s1. The molecule has 2 aliphatic heterocycles.